The predicted octanol–water partition coefficient (Wildman–Crippen LogP) is 2.12. The Hall–Kier alpha value is -2.44. The monoisotopic (exact) mass is 294 g/mol. The molecule has 0 spiro atoms. The minimum absolute atomic E-state index is 0.0152. The number of hydrogen-bond acceptors (Lipinski definition) is 5. The summed E-state index contributed by atoms with van der Waals surface area (Å²) in [5.74, 6) is -0.724. The fourth-order valence-electron chi connectivity index (χ4n) is 1.75. The zero-order chi connectivity index (χ0) is 15.8. The lowest BCUT2D eigenvalue weighted by Crippen LogP contribution is -2.27. The van der Waals surface area contributed by atoms with E-state index in [0.717, 1.165) is 0 Å². The Morgan fingerprint density at radius 2 is 2.10 bits per heavy atom. The number of nitro groups is 1. The second-order valence-electron chi connectivity index (χ2n) is 4.45. The average Bonchev–Trinajstić information content (AvgIpc) is 2.45. The third-order valence-corrected chi connectivity index (χ3v) is 2.82. The molecule has 1 aromatic rings. The summed E-state index contributed by atoms with van der Waals surface area (Å²) in [5.41, 5.74) is 0.605. The summed E-state index contributed by atoms with van der Waals surface area (Å²) in [7, 11) is 0. The van der Waals surface area contributed by atoms with Crippen LogP contribution in [0.1, 0.15) is 38.3 Å². The standard InChI is InChI=1S/C14H18N2O5/c1-3-21-14(18)8-7-13(17)15-10(2)11-5-4-6-12(9-11)16(19)20/h4-6,9-10H,3,7-8H2,1-2H3,(H,15,17). The van der Waals surface area contributed by atoms with Gasteiger partial charge in [-0.1, -0.05) is 12.1 Å². The van der Waals surface area contributed by atoms with Crippen molar-refractivity contribution in [3.8, 4) is 0 Å². The molecule has 0 saturated carbocycles. The van der Waals surface area contributed by atoms with Crippen molar-refractivity contribution < 1.29 is 19.2 Å². The summed E-state index contributed by atoms with van der Waals surface area (Å²) in [4.78, 5) is 33.1. The first-order chi connectivity index (χ1) is 9.93. The molecule has 0 aliphatic heterocycles. The van der Waals surface area contributed by atoms with Crippen LogP contribution in [0.25, 0.3) is 0 Å². The van der Waals surface area contributed by atoms with Gasteiger partial charge in [0.15, 0.2) is 0 Å². The minimum Gasteiger partial charge on any atom is -0.466 e. The number of nitrogens with one attached hydrogen (secondary N) is 1. The number of ether oxygens (including phenoxy) is 1. The highest BCUT2D eigenvalue weighted by Crippen LogP contribution is 2.19. The Balaban J connectivity index is 2.54. The lowest BCUT2D eigenvalue weighted by atomic mass is 10.1. The summed E-state index contributed by atoms with van der Waals surface area (Å²) < 4.78 is 4.73. The van der Waals surface area contributed by atoms with Gasteiger partial charge in [0, 0.05) is 18.6 Å². The number of nitro benzene ring substituents is 1. The molecule has 1 rings (SSSR count). The number of amides is 1. The summed E-state index contributed by atoms with van der Waals surface area (Å²) >= 11 is 0. The molecular formula is C14H18N2O5. The van der Waals surface area contributed by atoms with Crippen LogP contribution < -0.4 is 5.32 Å². The van der Waals surface area contributed by atoms with Gasteiger partial charge in [0.2, 0.25) is 5.91 Å². The zero-order valence-corrected chi connectivity index (χ0v) is 12.0. The number of nitrogens with zero attached hydrogens (tertiary/aromatic N) is 1. The molecule has 114 valence electrons. The molecule has 0 aromatic heterocycles. The SMILES string of the molecule is CCOC(=O)CCC(=O)NC(C)c1cccc([N+](=O)[O-])c1. The Kier molecular flexibility index (Phi) is 6.32. The minimum atomic E-state index is -0.487. The number of non-ortho nitro benzene ring substituents is 1. The van der Waals surface area contributed by atoms with Gasteiger partial charge in [-0.05, 0) is 19.4 Å². The lowest BCUT2D eigenvalue weighted by Gasteiger charge is -2.14. The van der Waals surface area contributed by atoms with Crippen molar-refractivity contribution in [3.63, 3.8) is 0 Å². The van der Waals surface area contributed by atoms with Crippen LogP contribution >= 0.6 is 0 Å². The smallest absolute Gasteiger partial charge is 0.306 e. The third kappa shape index (κ3) is 5.60. The maximum atomic E-state index is 11.7. The Morgan fingerprint density at radius 1 is 1.38 bits per heavy atom. The van der Waals surface area contributed by atoms with Crippen LogP contribution in [0.4, 0.5) is 5.69 Å². The fourth-order valence-corrected chi connectivity index (χ4v) is 1.75. The molecule has 7 nitrogen and oxygen atoms in total. The molecule has 1 unspecified atom stereocenters. The number of carbonyl (C=O) groups excluding carboxylic acids is 2. The van der Waals surface area contributed by atoms with Gasteiger partial charge in [0.1, 0.15) is 0 Å². The molecule has 1 aromatic carbocycles. The van der Waals surface area contributed by atoms with Crippen LogP contribution in [0.2, 0.25) is 0 Å². The molecule has 1 N–H and O–H groups in total. The van der Waals surface area contributed by atoms with Gasteiger partial charge in [0.05, 0.1) is 24.0 Å². The van der Waals surface area contributed by atoms with E-state index in [9.17, 15) is 19.7 Å². The van der Waals surface area contributed by atoms with E-state index in [2.05, 4.69) is 5.32 Å². The average molecular weight is 294 g/mol. The largest absolute Gasteiger partial charge is 0.466 e. The molecular weight excluding hydrogens is 276 g/mol. The first kappa shape index (κ1) is 16.6. The van der Waals surface area contributed by atoms with Crippen LogP contribution in [0.3, 0.4) is 0 Å². The van der Waals surface area contributed by atoms with Gasteiger partial charge in [-0.15, -0.1) is 0 Å². The van der Waals surface area contributed by atoms with Gasteiger partial charge in [-0.25, -0.2) is 0 Å². The van der Waals surface area contributed by atoms with Crippen LogP contribution in [0.15, 0.2) is 24.3 Å². The van der Waals surface area contributed by atoms with E-state index in [-0.39, 0.29) is 37.1 Å². The van der Waals surface area contributed by atoms with Gasteiger partial charge in [0.25, 0.3) is 5.69 Å². The van der Waals surface area contributed by atoms with E-state index in [0.29, 0.717) is 5.56 Å². The van der Waals surface area contributed by atoms with Crippen molar-refractivity contribution in [1.82, 2.24) is 5.32 Å². The van der Waals surface area contributed by atoms with Gasteiger partial charge < -0.3 is 10.1 Å². The third-order valence-electron chi connectivity index (χ3n) is 2.82. The van der Waals surface area contributed by atoms with Crippen molar-refractivity contribution in [3.05, 3.63) is 39.9 Å². The molecule has 7 heteroatoms. The van der Waals surface area contributed by atoms with E-state index >= 15 is 0 Å². The quantitative estimate of drug-likeness (QED) is 0.472. The topological polar surface area (TPSA) is 98.5 Å². The summed E-state index contributed by atoms with van der Waals surface area (Å²) in [5, 5.41) is 13.4. The van der Waals surface area contributed by atoms with Crippen LogP contribution in [0.5, 0.6) is 0 Å². The summed E-state index contributed by atoms with van der Waals surface area (Å²) in [6, 6.07) is 5.69. The molecule has 1 amide bonds. The van der Waals surface area contributed by atoms with Crippen molar-refractivity contribution in [2.24, 2.45) is 0 Å². The second-order valence-corrected chi connectivity index (χ2v) is 4.45. The van der Waals surface area contributed by atoms with E-state index in [1.807, 2.05) is 0 Å². The summed E-state index contributed by atoms with van der Waals surface area (Å²) in [6.07, 6.45) is 0.0411. The lowest BCUT2D eigenvalue weighted by molar-refractivity contribution is -0.384. The molecule has 0 radical (unpaired) electrons. The van der Waals surface area contributed by atoms with Gasteiger partial charge in [-0.3, -0.25) is 19.7 Å². The van der Waals surface area contributed by atoms with E-state index in [1.165, 1.54) is 12.1 Å². The van der Waals surface area contributed by atoms with Crippen molar-refractivity contribution in [2.45, 2.75) is 32.7 Å². The maximum Gasteiger partial charge on any atom is 0.306 e. The Labute approximate surface area is 122 Å². The molecule has 0 fully saturated rings. The molecule has 1 atom stereocenters. The highest BCUT2D eigenvalue weighted by atomic mass is 16.6. The van der Waals surface area contributed by atoms with Gasteiger partial charge >= 0.3 is 5.97 Å². The van der Waals surface area contributed by atoms with Crippen molar-refractivity contribution in [2.75, 3.05) is 6.61 Å². The molecule has 0 saturated heterocycles. The number of carbonyl (C=O) groups is 2. The fraction of sp³-hybridized carbons (Fsp3) is 0.429. The van der Waals surface area contributed by atoms with Crippen LogP contribution in [-0.2, 0) is 14.3 Å². The predicted molar refractivity (Wildman–Crippen MR) is 75.5 cm³/mol. The van der Waals surface area contributed by atoms with E-state index in [1.54, 1.807) is 26.0 Å². The molecule has 0 heterocycles. The highest BCUT2D eigenvalue weighted by molar-refractivity contribution is 5.81. The highest BCUT2D eigenvalue weighted by Gasteiger charge is 2.14. The number of rotatable bonds is 7. The normalized spacial score (nSPS) is 11.5. The molecule has 0 aliphatic carbocycles. The van der Waals surface area contributed by atoms with Crippen molar-refractivity contribution in [1.29, 1.82) is 0 Å². The second kappa shape index (κ2) is 7.98. The van der Waals surface area contributed by atoms with Crippen LogP contribution in [0, 0.1) is 10.1 Å². The van der Waals surface area contributed by atoms with Gasteiger partial charge in [-0.2, -0.15) is 0 Å². The first-order valence-electron chi connectivity index (χ1n) is 6.63. The molecule has 0 aliphatic rings. The Morgan fingerprint density at radius 3 is 2.71 bits per heavy atom. The van der Waals surface area contributed by atoms with Crippen molar-refractivity contribution >= 4 is 17.6 Å². The summed E-state index contributed by atoms with van der Waals surface area (Å²) in [6.45, 7) is 3.70. The number of esters is 1. The van der Waals surface area contributed by atoms with E-state index in [4.69, 9.17) is 4.74 Å². The molecule has 0 bridgehead atoms. The van der Waals surface area contributed by atoms with E-state index < -0.39 is 10.9 Å². The number of hydrogen-bond donors (Lipinski definition) is 1. The number of benzene rings is 1. The van der Waals surface area contributed by atoms with Crippen LogP contribution in [-0.4, -0.2) is 23.4 Å². The maximum absolute atomic E-state index is 11.7. The first-order valence-corrected chi connectivity index (χ1v) is 6.63. The Bertz CT molecular complexity index is 530. The zero-order valence-electron chi connectivity index (χ0n) is 12.0. The molecule has 21 heavy (non-hydrogen) atoms.